The minimum Gasteiger partial charge on any atom is -0.456 e. The Balaban J connectivity index is 1.05. The highest BCUT2D eigenvalue weighted by atomic mass is 16.4. The first-order valence-electron chi connectivity index (χ1n) is 18.9. The molecule has 0 aliphatic heterocycles. The molecule has 0 unspecified atom stereocenters. The quantitative estimate of drug-likeness (QED) is 0.167. The molecule has 0 spiro atoms. The fourth-order valence-electron chi connectivity index (χ4n) is 7.75. The molecule has 0 fully saturated rings. The highest BCUT2D eigenvalue weighted by Gasteiger charge is 2.20. The minimum absolute atomic E-state index is 0.359. The molecule has 0 radical (unpaired) electrons. The van der Waals surface area contributed by atoms with Crippen molar-refractivity contribution in [3.63, 3.8) is 0 Å². The molecule has 0 saturated heterocycles. The highest BCUT2D eigenvalue weighted by Crippen LogP contribution is 2.40. The van der Waals surface area contributed by atoms with E-state index in [0.29, 0.717) is 11.8 Å². The summed E-state index contributed by atoms with van der Waals surface area (Å²) in [4.78, 5) is 0. The fraction of sp³-hybridized carbons (Fsp3) is 0.0800. The van der Waals surface area contributed by atoms with Crippen molar-refractivity contribution in [3.05, 3.63) is 156 Å². The van der Waals surface area contributed by atoms with Gasteiger partial charge in [0, 0.05) is 54.9 Å². The number of benzene rings is 6. The lowest BCUT2D eigenvalue weighted by Gasteiger charge is -2.06. The summed E-state index contributed by atoms with van der Waals surface area (Å²) in [7, 11) is 0. The molecule has 0 atom stereocenters. The molecule has 6 aromatic carbocycles. The van der Waals surface area contributed by atoms with E-state index in [9.17, 15) is 0 Å². The van der Waals surface area contributed by atoms with Crippen LogP contribution in [0.2, 0.25) is 0 Å². The van der Waals surface area contributed by atoms with Crippen molar-refractivity contribution < 1.29 is 22.1 Å². The molecule has 5 aromatic heterocycles. The number of aryl methyl sites for hydroxylation is 4. The van der Waals surface area contributed by atoms with Crippen molar-refractivity contribution >= 4 is 43.9 Å². The largest absolute Gasteiger partial charge is 0.456 e. The van der Waals surface area contributed by atoms with Crippen LogP contribution in [-0.2, 0) is 0 Å². The zero-order chi connectivity index (χ0) is 38.4. The van der Waals surface area contributed by atoms with E-state index in [0.717, 1.165) is 100 Å². The van der Waals surface area contributed by atoms with E-state index >= 15 is 0 Å². The standard InChI is InChI=1S/C50H34N2O5/c1-27-5-9-41-31(13-27)23-45(53-41)35-17-36(46-24-32-14-28(2)6-10-42(32)54-46)20-39(19-35)49-51-52-50(57-49)40-21-37(47-25-33-15-29(3)7-11-43(33)55-47)18-38(22-40)48-26-34-16-30(4)8-12-44(34)56-48/h5-26H,1-4H3. The van der Waals surface area contributed by atoms with Gasteiger partial charge in [-0.05, 0) is 137 Å². The molecular weight excluding hydrogens is 709 g/mol. The number of fused-ring (bicyclic) bond motifs is 4. The maximum absolute atomic E-state index is 6.57. The van der Waals surface area contributed by atoms with Crippen LogP contribution in [0.1, 0.15) is 22.3 Å². The molecule has 0 amide bonds. The third-order valence-corrected chi connectivity index (χ3v) is 10.6. The van der Waals surface area contributed by atoms with Gasteiger partial charge in [-0.1, -0.05) is 46.5 Å². The van der Waals surface area contributed by atoms with Crippen LogP contribution in [0.25, 0.3) is 112 Å². The second-order valence-electron chi connectivity index (χ2n) is 15.1. The summed E-state index contributed by atoms with van der Waals surface area (Å²) < 4.78 is 32.1. The molecule has 0 bridgehead atoms. The third kappa shape index (κ3) is 5.92. The van der Waals surface area contributed by atoms with Crippen molar-refractivity contribution in [2.75, 3.05) is 0 Å². The summed E-state index contributed by atoms with van der Waals surface area (Å²) in [5.74, 6) is 3.62. The first-order chi connectivity index (χ1) is 27.7. The van der Waals surface area contributed by atoms with E-state index < -0.39 is 0 Å². The lowest BCUT2D eigenvalue weighted by molar-refractivity contribution is 0.584. The van der Waals surface area contributed by atoms with Crippen LogP contribution in [-0.4, -0.2) is 10.2 Å². The first kappa shape index (κ1) is 33.0. The van der Waals surface area contributed by atoms with E-state index in [-0.39, 0.29) is 0 Å². The van der Waals surface area contributed by atoms with Crippen LogP contribution >= 0.6 is 0 Å². The summed E-state index contributed by atoms with van der Waals surface area (Å²) >= 11 is 0. The van der Waals surface area contributed by atoms with Gasteiger partial charge in [0.05, 0.1) is 0 Å². The van der Waals surface area contributed by atoms with Gasteiger partial charge >= 0.3 is 0 Å². The van der Waals surface area contributed by atoms with Gasteiger partial charge in [-0.25, -0.2) is 0 Å². The number of rotatable bonds is 6. The van der Waals surface area contributed by atoms with Gasteiger partial charge in [0.2, 0.25) is 11.8 Å². The fourth-order valence-corrected chi connectivity index (χ4v) is 7.75. The summed E-state index contributed by atoms with van der Waals surface area (Å²) in [5, 5.41) is 13.4. The molecule has 0 aliphatic rings. The Hall–Kier alpha value is -7.38. The van der Waals surface area contributed by atoms with Gasteiger partial charge in [0.15, 0.2) is 0 Å². The Morgan fingerprint density at radius 3 is 0.825 bits per heavy atom. The molecule has 0 saturated carbocycles. The van der Waals surface area contributed by atoms with E-state index in [1.54, 1.807) is 0 Å². The molecule has 274 valence electrons. The Kier molecular flexibility index (Phi) is 7.28. The molecular formula is C50H34N2O5. The normalized spacial score (nSPS) is 11.9. The van der Waals surface area contributed by atoms with Crippen LogP contribution < -0.4 is 0 Å². The summed E-state index contributed by atoms with van der Waals surface area (Å²) in [6.45, 7) is 8.31. The molecule has 7 nitrogen and oxygen atoms in total. The number of hydrogen-bond acceptors (Lipinski definition) is 7. The summed E-state index contributed by atoms with van der Waals surface area (Å²) in [6.07, 6.45) is 0. The van der Waals surface area contributed by atoms with E-state index in [4.69, 9.17) is 22.1 Å². The van der Waals surface area contributed by atoms with Gasteiger partial charge < -0.3 is 22.1 Å². The lowest BCUT2D eigenvalue weighted by atomic mass is 10.0. The first-order valence-corrected chi connectivity index (χ1v) is 18.9. The zero-order valence-electron chi connectivity index (χ0n) is 31.6. The molecule has 7 heteroatoms. The Bertz CT molecular complexity index is 2950. The lowest BCUT2D eigenvalue weighted by Crippen LogP contribution is -1.84. The van der Waals surface area contributed by atoms with Gasteiger partial charge in [0.1, 0.15) is 45.4 Å². The topological polar surface area (TPSA) is 91.5 Å². The minimum atomic E-state index is 0.359. The van der Waals surface area contributed by atoms with E-state index in [1.807, 2.05) is 48.5 Å². The SMILES string of the molecule is Cc1ccc2oc(-c3cc(-c4cc5cc(C)ccc5o4)cc(-c4nnc(-c5cc(-c6cc7cc(C)ccc7o6)cc(-c6cc7cc(C)ccc7o6)c5)o4)c3)cc2c1. The smallest absolute Gasteiger partial charge is 0.248 e. The number of hydrogen-bond donors (Lipinski definition) is 0. The molecule has 0 aliphatic carbocycles. The van der Waals surface area contributed by atoms with Gasteiger partial charge in [-0.3, -0.25) is 0 Å². The van der Waals surface area contributed by atoms with E-state index in [2.05, 4.69) is 123 Å². The molecule has 11 aromatic rings. The van der Waals surface area contributed by atoms with Gasteiger partial charge in [-0.2, -0.15) is 0 Å². The second kappa shape index (κ2) is 12.6. The second-order valence-corrected chi connectivity index (χ2v) is 15.1. The van der Waals surface area contributed by atoms with Crippen molar-refractivity contribution in [1.82, 2.24) is 10.2 Å². The average molecular weight is 743 g/mol. The Morgan fingerprint density at radius 1 is 0.281 bits per heavy atom. The molecule has 57 heavy (non-hydrogen) atoms. The van der Waals surface area contributed by atoms with Crippen LogP contribution in [0.3, 0.4) is 0 Å². The van der Waals surface area contributed by atoms with Crippen LogP contribution in [0.15, 0.2) is 156 Å². The van der Waals surface area contributed by atoms with E-state index in [1.165, 1.54) is 22.3 Å². The highest BCUT2D eigenvalue weighted by molar-refractivity contribution is 5.90. The van der Waals surface area contributed by atoms with Crippen molar-refractivity contribution in [3.8, 4) is 68.2 Å². The molecule has 5 heterocycles. The van der Waals surface area contributed by atoms with Crippen LogP contribution in [0.5, 0.6) is 0 Å². The van der Waals surface area contributed by atoms with Gasteiger partial charge in [0.25, 0.3) is 0 Å². The van der Waals surface area contributed by atoms with Crippen LogP contribution in [0, 0.1) is 27.7 Å². The third-order valence-electron chi connectivity index (χ3n) is 10.6. The number of furan rings is 4. The molecule has 11 rings (SSSR count). The summed E-state index contributed by atoms with van der Waals surface area (Å²) in [5.41, 5.74) is 12.8. The number of nitrogens with zero attached hydrogens (tertiary/aromatic N) is 2. The average Bonchev–Trinajstić information content (AvgIpc) is 4.06. The van der Waals surface area contributed by atoms with Crippen molar-refractivity contribution in [2.24, 2.45) is 0 Å². The Morgan fingerprint density at radius 2 is 0.544 bits per heavy atom. The predicted molar refractivity (Wildman–Crippen MR) is 225 cm³/mol. The Labute approximate surface area is 326 Å². The van der Waals surface area contributed by atoms with Gasteiger partial charge in [-0.15, -0.1) is 10.2 Å². The van der Waals surface area contributed by atoms with Crippen molar-refractivity contribution in [2.45, 2.75) is 27.7 Å². The maximum Gasteiger partial charge on any atom is 0.248 e. The maximum atomic E-state index is 6.57. The van der Waals surface area contributed by atoms with Crippen LogP contribution in [0.4, 0.5) is 0 Å². The molecule has 0 N–H and O–H groups in total. The predicted octanol–water partition coefficient (Wildman–Crippen LogP) is 14.3. The number of aromatic nitrogens is 2. The van der Waals surface area contributed by atoms with Crippen molar-refractivity contribution in [1.29, 1.82) is 0 Å². The summed E-state index contributed by atoms with van der Waals surface area (Å²) in [6, 6.07) is 45.3. The zero-order valence-corrected chi connectivity index (χ0v) is 31.6. The monoisotopic (exact) mass is 742 g/mol.